The third-order valence-corrected chi connectivity index (χ3v) is 3.68. The number of hydrogen-bond acceptors (Lipinski definition) is 2. The first kappa shape index (κ1) is 9.47. The Bertz CT molecular complexity index is 156. The molecule has 0 amide bonds. The second-order valence-corrected chi connectivity index (χ2v) is 4.62. The van der Waals surface area contributed by atoms with Crippen LogP contribution in [-0.4, -0.2) is 35.7 Å². The molecule has 0 spiro atoms. The summed E-state index contributed by atoms with van der Waals surface area (Å²) in [5.41, 5.74) is 0. The second-order valence-electron chi connectivity index (χ2n) is 4.62. The van der Waals surface area contributed by atoms with Crippen molar-refractivity contribution in [1.29, 1.82) is 0 Å². The van der Waals surface area contributed by atoms with Gasteiger partial charge in [-0.05, 0) is 38.1 Å². The summed E-state index contributed by atoms with van der Waals surface area (Å²) in [6, 6.07) is 0.481. The summed E-state index contributed by atoms with van der Waals surface area (Å²) in [6.07, 6.45) is 8.14. The zero-order valence-corrected chi connectivity index (χ0v) is 8.41. The molecule has 1 aliphatic carbocycles. The number of aliphatic hydroxyl groups is 1. The van der Waals surface area contributed by atoms with Crippen molar-refractivity contribution >= 4 is 0 Å². The van der Waals surface area contributed by atoms with Crippen LogP contribution in [0.3, 0.4) is 0 Å². The van der Waals surface area contributed by atoms with Gasteiger partial charge in [0.1, 0.15) is 0 Å². The molecule has 1 saturated carbocycles. The van der Waals surface area contributed by atoms with E-state index >= 15 is 0 Å². The average molecular weight is 183 g/mol. The van der Waals surface area contributed by atoms with Gasteiger partial charge in [-0.2, -0.15) is 0 Å². The molecule has 1 unspecified atom stereocenters. The molecule has 0 aromatic rings. The van der Waals surface area contributed by atoms with Crippen molar-refractivity contribution < 1.29 is 5.11 Å². The quantitative estimate of drug-likeness (QED) is 0.719. The molecule has 13 heavy (non-hydrogen) atoms. The Kier molecular flexibility index (Phi) is 3.23. The van der Waals surface area contributed by atoms with E-state index in [9.17, 15) is 5.11 Å². The first-order valence-corrected chi connectivity index (χ1v) is 5.75. The van der Waals surface area contributed by atoms with E-state index in [1.807, 2.05) is 0 Å². The summed E-state index contributed by atoms with van der Waals surface area (Å²) in [4.78, 5) is 2.52. The van der Waals surface area contributed by atoms with Crippen LogP contribution in [0.1, 0.15) is 38.5 Å². The zero-order chi connectivity index (χ0) is 9.10. The molecule has 0 aromatic carbocycles. The molecule has 1 heterocycles. The van der Waals surface area contributed by atoms with Crippen molar-refractivity contribution in [2.45, 2.75) is 44.6 Å². The van der Waals surface area contributed by atoms with E-state index in [-0.39, 0.29) is 0 Å². The van der Waals surface area contributed by atoms with Crippen LogP contribution in [0, 0.1) is 5.92 Å². The molecule has 76 valence electrons. The summed E-state index contributed by atoms with van der Waals surface area (Å²) < 4.78 is 0. The molecule has 1 N–H and O–H groups in total. The SMILES string of the molecule is OCC1CCCCN1CC1CCC1. The first-order chi connectivity index (χ1) is 6.40. The molecule has 2 nitrogen and oxygen atoms in total. The molecule has 0 bridgehead atoms. The summed E-state index contributed by atoms with van der Waals surface area (Å²) in [7, 11) is 0. The molecular formula is C11H21NO. The van der Waals surface area contributed by atoms with Crippen molar-refractivity contribution in [3.8, 4) is 0 Å². The molecule has 2 aliphatic rings. The van der Waals surface area contributed by atoms with Gasteiger partial charge in [0.15, 0.2) is 0 Å². The third-order valence-electron chi connectivity index (χ3n) is 3.68. The molecule has 0 aromatic heterocycles. The third kappa shape index (κ3) is 2.23. The van der Waals surface area contributed by atoms with Crippen LogP contribution in [-0.2, 0) is 0 Å². The Morgan fingerprint density at radius 1 is 1.08 bits per heavy atom. The fourth-order valence-electron chi connectivity index (χ4n) is 2.51. The summed E-state index contributed by atoms with van der Waals surface area (Å²) >= 11 is 0. The Morgan fingerprint density at radius 2 is 1.92 bits per heavy atom. The van der Waals surface area contributed by atoms with Crippen LogP contribution < -0.4 is 0 Å². The lowest BCUT2D eigenvalue weighted by atomic mass is 9.84. The highest BCUT2D eigenvalue weighted by molar-refractivity contribution is 4.81. The molecule has 1 aliphatic heterocycles. The summed E-state index contributed by atoms with van der Waals surface area (Å²) in [5.74, 6) is 0.951. The van der Waals surface area contributed by atoms with Crippen LogP contribution in [0.4, 0.5) is 0 Å². The lowest BCUT2D eigenvalue weighted by Gasteiger charge is -2.39. The standard InChI is InChI=1S/C11H21NO/c13-9-11-6-1-2-7-12(11)8-10-4-3-5-10/h10-11,13H,1-9H2. The first-order valence-electron chi connectivity index (χ1n) is 5.75. The van der Waals surface area contributed by atoms with Gasteiger partial charge in [0.25, 0.3) is 0 Å². The molecule has 2 heteroatoms. The lowest BCUT2D eigenvalue weighted by Crippen LogP contribution is -2.45. The van der Waals surface area contributed by atoms with Crippen LogP contribution in [0.5, 0.6) is 0 Å². The molecule has 2 fully saturated rings. The Labute approximate surface area is 80.9 Å². The van der Waals surface area contributed by atoms with Crippen LogP contribution in [0.15, 0.2) is 0 Å². The number of piperidine rings is 1. The highest BCUT2D eigenvalue weighted by Crippen LogP contribution is 2.29. The van der Waals surface area contributed by atoms with Crippen LogP contribution in [0.2, 0.25) is 0 Å². The fraction of sp³-hybridized carbons (Fsp3) is 1.00. The largest absolute Gasteiger partial charge is 0.395 e. The number of likely N-dealkylation sites (tertiary alicyclic amines) is 1. The van der Waals surface area contributed by atoms with E-state index in [0.29, 0.717) is 12.6 Å². The van der Waals surface area contributed by atoms with Gasteiger partial charge in [0, 0.05) is 12.6 Å². The van der Waals surface area contributed by atoms with Gasteiger partial charge in [-0.25, -0.2) is 0 Å². The van der Waals surface area contributed by atoms with E-state index in [4.69, 9.17) is 0 Å². The van der Waals surface area contributed by atoms with E-state index in [0.717, 1.165) is 5.92 Å². The Balaban J connectivity index is 1.79. The minimum atomic E-state index is 0.368. The van der Waals surface area contributed by atoms with Gasteiger partial charge in [-0.15, -0.1) is 0 Å². The molecule has 2 rings (SSSR count). The molecule has 1 saturated heterocycles. The van der Waals surface area contributed by atoms with Gasteiger partial charge < -0.3 is 5.11 Å². The number of nitrogens with zero attached hydrogens (tertiary/aromatic N) is 1. The fourth-order valence-corrected chi connectivity index (χ4v) is 2.51. The van der Waals surface area contributed by atoms with E-state index in [2.05, 4.69) is 4.90 Å². The maximum atomic E-state index is 9.22. The van der Waals surface area contributed by atoms with Gasteiger partial charge in [-0.1, -0.05) is 12.8 Å². The van der Waals surface area contributed by atoms with Gasteiger partial charge in [0.2, 0.25) is 0 Å². The van der Waals surface area contributed by atoms with E-state index < -0.39 is 0 Å². The number of hydrogen-bond donors (Lipinski definition) is 1. The normalized spacial score (nSPS) is 31.6. The van der Waals surface area contributed by atoms with Gasteiger partial charge >= 0.3 is 0 Å². The van der Waals surface area contributed by atoms with Crippen molar-refractivity contribution in [1.82, 2.24) is 4.90 Å². The highest BCUT2D eigenvalue weighted by atomic mass is 16.3. The maximum Gasteiger partial charge on any atom is 0.0586 e. The van der Waals surface area contributed by atoms with Crippen molar-refractivity contribution in [3.63, 3.8) is 0 Å². The summed E-state index contributed by atoms with van der Waals surface area (Å²) in [5, 5.41) is 9.22. The predicted molar refractivity (Wildman–Crippen MR) is 53.6 cm³/mol. The molecule has 1 atom stereocenters. The zero-order valence-electron chi connectivity index (χ0n) is 8.41. The van der Waals surface area contributed by atoms with E-state index in [1.165, 1.54) is 51.6 Å². The summed E-state index contributed by atoms with van der Waals surface area (Å²) in [6.45, 7) is 2.85. The van der Waals surface area contributed by atoms with Crippen LogP contribution >= 0.6 is 0 Å². The number of rotatable bonds is 3. The van der Waals surface area contributed by atoms with Crippen molar-refractivity contribution in [3.05, 3.63) is 0 Å². The maximum absolute atomic E-state index is 9.22. The van der Waals surface area contributed by atoms with Crippen molar-refractivity contribution in [2.75, 3.05) is 19.7 Å². The van der Waals surface area contributed by atoms with Gasteiger partial charge in [0.05, 0.1) is 6.61 Å². The second kappa shape index (κ2) is 4.43. The highest BCUT2D eigenvalue weighted by Gasteiger charge is 2.26. The van der Waals surface area contributed by atoms with E-state index in [1.54, 1.807) is 0 Å². The smallest absolute Gasteiger partial charge is 0.0586 e. The van der Waals surface area contributed by atoms with Crippen LogP contribution in [0.25, 0.3) is 0 Å². The molecular weight excluding hydrogens is 162 g/mol. The molecule has 0 radical (unpaired) electrons. The lowest BCUT2D eigenvalue weighted by molar-refractivity contribution is 0.0621. The van der Waals surface area contributed by atoms with Crippen molar-refractivity contribution in [2.24, 2.45) is 5.92 Å². The minimum absolute atomic E-state index is 0.368. The average Bonchev–Trinajstić information content (AvgIpc) is 2.12. The Hall–Kier alpha value is -0.0800. The topological polar surface area (TPSA) is 23.5 Å². The minimum Gasteiger partial charge on any atom is -0.395 e. The van der Waals surface area contributed by atoms with Gasteiger partial charge in [-0.3, -0.25) is 4.90 Å². The number of aliphatic hydroxyl groups excluding tert-OH is 1. The predicted octanol–water partition coefficient (Wildman–Crippen LogP) is 1.63. The Morgan fingerprint density at radius 3 is 2.54 bits per heavy atom. The monoisotopic (exact) mass is 183 g/mol.